The first-order valence-corrected chi connectivity index (χ1v) is 5.56. The maximum Gasteiger partial charge on any atom is 0.248 e. The Kier molecular flexibility index (Phi) is 3.72. The largest absolute Gasteiger partial charge is 0.393 e. The third kappa shape index (κ3) is 2.18. The van der Waals surface area contributed by atoms with Gasteiger partial charge in [-0.2, -0.15) is 0 Å². The van der Waals surface area contributed by atoms with Crippen LogP contribution in [0.25, 0.3) is 0 Å². The van der Waals surface area contributed by atoms with Crippen LogP contribution >= 0.6 is 0 Å². The molecule has 9 heteroatoms. The van der Waals surface area contributed by atoms with E-state index in [9.17, 15) is 23.8 Å². The molecule has 1 fully saturated rings. The summed E-state index contributed by atoms with van der Waals surface area (Å²) in [6.45, 7) is -2.21. The Morgan fingerprint density at radius 3 is 2.68 bits per heavy atom. The van der Waals surface area contributed by atoms with E-state index in [2.05, 4.69) is 5.32 Å². The van der Waals surface area contributed by atoms with Crippen LogP contribution in [0.5, 0.6) is 0 Å². The van der Waals surface area contributed by atoms with Gasteiger partial charge in [-0.05, 0) is 0 Å². The monoisotopic (exact) mass is 280 g/mol. The van der Waals surface area contributed by atoms with Crippen molar-refractivity contribution >= 4 is 5.91 Å². The van der Waals surface area contributed by atoms with Gasteiger partial charge in [0.05, 0.1) is 6.61 Å². The summed E-state index contributed by atoms with van der Waals surface area (Å²) >= 11 is 0. The number of carbonyl (C=O) groups excluding carboxylic acids is 1. The van der Waals surface area contributed by atoms with Crippen molar-refractivity contribution in [3.63, 3.8) is 0 Å². The summed E-state index contributed by atoms with van der Waals surface area (Å²) in [7, 11) is 0. The lowest BCUT2D eigenvalue weighted by atomic mass is 9.98. The number of carbonyl (C=O) groups is 1. The number of aliphatic hydroxyl groups is 3. The van der Waals surface area contributed by atoms with Crippen molar-refractivity contribution in [3.05, 3.63) is 12.3 Å². The summed E-state index contributed by atoms with van der Waals surface area (Å²) in [5, 5.41) is 30.3. The second-order valence-corrected chi connectivity index (χ2v) is 4.40. The van der Waals surface area contributed by atoms with Crippen molar-refractivity contribution < 1.29 is 33.6 Å². The van der Waals surface area contributed by atoms with Crippen LogP contribution in [0.3, 0.4) is 0 Å². The molecule has 0 spiro atoms. The van der Waals surface area contributed by atoms with Gasteiger partial charge in [0.25, 0.3) is 0 Å². The van der Waals surface area contributed by atoms with Crippen LogP contribution in [0.4, 0.5) is 8.78 Å². The number of alkyl halides is 2. The number of aliphatic hydroxyl groups excluding tert-OH is 3. The Morgan fingerprint density at radius 2 is 2.21 bits per heavy atom. The van der Waals surface area contributed by atoms with Crippen molar-refractivity contribution in [1.82, 2.24) is 10.2 Å². The van der Waals surface area contributed by atoms with E-state index in [0.29, 0.717) is 0 Å². The summed E-state index contributed by atoms with van der Waals surface area (Å²) in [5.41, 5.74) is -2.07. The molecule has 5 atom stereocenters. The third-order valence-electron chi connectivity index (χ3n) is 3.21. The first-order chi connectivity index (χ1) is 8.95. The molecular formula is C10H14F2N2O5. The van der Waals surface area contributed by atoms with Crippen LogP contribution < -0.4 is 5.32 Å². The molecule has 2 heterocycles. The minimum atomic E-state index is -2.07. The Morgan fingerprint density at radius 1 is 1.53 bits per heavy atom. The zero-order chi connectivity index (χ0) is 14.2. The van der Waals surface area contributed by atoms with Crippen LogP contribution in [-0.4, -0.2) is 69.9 Å². The fraction of sp³-hybridized carbons (Fsp3) is 0.700. The van der Waals surface area contributed by atoms with Crippen LogP contribution in [0.1, 0.15) is 0 Å². The lowest BCUT2D eigenvalue weighted by Gasteiger charge is -2.35. The van der Waals surface area contributed by atoms with E-state index in [0.717, 1.165) is 17.2 Å². The summed E-state index contributed by atoms with van der Waals surface area (Å²) in [5.74, 6) is -0.586. The molecule has 2 aliphatic heterocycles. The molecule has 0 saturated carbocycles. The average molecular weight is 280 g/mol. The third-order valence-corrected chi connectivity index (χ3v) is 3.21. The van der Waals surface area contributed by atoms with E-state index in [1.807, 2.05) is 0 Å². The molecular weight excluding hydrogens is 266 g/mol. The number of halogens is 2. The van der Waals surface area contributed by atoms with E-state index >= 15 is 0 Å². The first kappa shape index (κ1) is 14.1. The molecule has 1 amide bonds. The highest BCUT2D eigenvalue weighted by Crippen LogP contribution is 2.36. The number of nitrogens with one attached hydrogen (secondary N) is 1. The summed E-state index contributed by atoms with van der Waals surface area (Å²) < 4.78 is 31.9. The van der Waals surface area contributed by atoms with Gasteiger partial charge in [-0.3, -0.25) is 4.79 Å². The van der Waals surface area contributed by atoms with Gasteiger partial charge < -0.3 is 30.3 Å². The summed E-state index contributed by atoms with van der Waals surface area (Å²) in [6.07, 6.45) is -4.95. The van der Waals surface area contributed by atoms with Gasteiger partial charge in [0.2, 0.25) is 12.3 Å². The Hall–Kier alpha value is -1.29. The molecule has 0 aromatic heterocycles. The van der Waals surface area contributed by atoms with E-state index in [1.165, 1.54) is 0 Å². The molecule has 0 aromatic rings. The highest BCUT2D eigenvalue weighted by molar-refractivity contribution is 5.88. The minimum Gasteiger partial charge on any atom is -0.393 e. The molecule has 7 nitrogen and oxygen atoms in total. The van der Waals surface area contributed by atoms with Gasteiger partial charge in [-0.1, -0.05) is 0 Å². The number of nitrogens with zero attached hydrogens (tertiary/aromatic N) is 1. The number of ether oxygens (including phenoxy) is 1. The molecule has 2 aliphatic rings. The predicted octanol–water partition coefficient (Wildman–Crippen LogP) is -2.04. The SMILES string of the molecule is O=C1C=CN(C2OC(CO)(CF)C(O)C2F)C(O)N1. The number of hydrogen-bond acceptors (Lipinski definition) is 6. The number of rotatable bonds is 3. The normalized spacial score (nSPS) is 42.6. The fourth-order valence-corrected chi connectivity index (χ4v) is 2.04. The molecule has 2 rings (SSSR count). The maximum absolute atomic E-state index is 14.0. The van der Waals surface area contributed by atoms with Crippen molar-refractivity contribution in [3.8, 4) is 0 Å². The molecule has 0 bridgehead atoms. The second kappa shape index (κ2) is 5.00. The molecule has 0 aromatic carbocycles. The second-order valence-electron chi connectivity index (χ2n) is 4.40. The van der Waals surface area contributed by atoms with Crippen LogP contribution in [-0.2, 0) is 9.53 Å². The minimum absolute atomic E-state index is 0.586. The van der Waals surface area contributed by atoms with Crippen molar-refractivity contribution in [2.24, 2.45) is 0 Å². The topological polar surface area (TPSA) is 102 Å². The fourth-order valence-electron chi connectivity index (χ4n) is 2.04. The molecule has 0 aliphatic carbocycles. The zero-order valence-electron chi connectivity index (χ0n) is 9.74. The molecule has 19 heavy (non-hydrogen) atoms. The quantitative estimate of drug-likeness (QED) is 0.475. The highest BCUT2D eigenvalue weighted by atomic mass is 19.1. The van der Waals surface area contributed by atoms with Gasteiger partial charge in [0, 0.05) is 12.3 Å². The van der Waals surface area contributed by atoms with Crippen LogP contribution in [0.15, 0.2) is 12.3 Å². The standard InChI is InChI=1S/C10H14F2N2O5/c11-3-10(4-15)7(17)6(12)8(19-10)14-2-1-5(16)13-9(14)18/h1-2,6-9,15,17-18H,3-4H2,(H,13,16). The Bertz CT molecular complexity index is 390. The number of amides is 1. The molecule has 5 unspecified atom stereocenters. The van der Waals surface area contributed by atoms with Crippen LogP contribution in [0.2, 0.25) is 0 Å². The average Bonchev–Trinajstić information content (AvgIpc) is 2.64. The van der Waals surface area contributed by atoms with Crippen molar-refractivity contribution in [1.29, 1.82) is 0 Å². The van der Waals surface area contributed by atoms with E-state index in [4.69, 9.17) is 9.84 Å². The summed E-state index contributed by atoms with van der Waals surface area (Å²) in [6, 6.07) is 0. The lowest BCUT2D eigenvalue weighted by Crippen LogP contribution is -2.54. The lowest BCUT2D eigenvalue weighted by molar-refractivity contribution is -0.178. The van der Waals surface area contributed by atoms with Crippen LogP contribution in [0, 0.1) is 0 Å². The van der Waals surface area contributed by atoms with E-state index in [1.54, 1.807) is 0 Å². The van der Waals surface area contributed by atoms with Gasteiger partial charge in [0.15, 0.2) is 18.0 Å². The zero-order valence-corrected chi connectivity index (χ0v) is 9.74. The summed E-state index contributed by atoms with van der Waals surface area (Å²) in [4.78, 5) is 11.8. The Balaban J connectivity index is 2.22. The predicted molar refractivity (Wildman–Crippen MR) is 56.7 cm³/mol. The van der Waals surface area contributed by atoms with Gasteiger partial charge in [0.1, 0.15) is 12.8 Å². The van der Waals surface area contributed by atoms with Crippen molar-refractivity contribution in [2.75, 3.05) is 13.3 Å². The smallest absolute Gasteiger partial charge is 0.248 e. The molecule has 108 valence electrons. The Labute approximate surface area is 107 Å². The first-order valence-electron chi connectivity index (χ1n) is 5.56. The van der Waals surface area contributed by atoms with Gasteiger partial charge >= 0.3 is 0 Å². The van der Waals surface area contributed by atoms with Gasteiger partial charge in [-0.15, -0.1) is 0 Å². The highest BCUT2D eigenvalue weighted by Gasteiger charge is 2.57. The maximum atomic E-state index is 14.0. The molecule has 4 N–H and O–H groups in total. The van der Waals surface area contributed by atoms with Crippen molar-refractivity contribution in [2.45, 2.75) is 30.5 Å². The van der Waals surface area contributed by atoms with Gasteiger partial charge in [-0.25, -0.2) is 8.78 Å². The van der Waals surface area contributed by atoms with E-state index < -0.39 is 49.6 Å². The molecule has 0 radical (unpaired) electrons. The number of hydrogen-bond donors (Lipinski definition) is 4. The molecule has 1 saturated heterocycles. The van der Waals surface area contributed by atoms with E-state index in [-0.39, 0.29) is 0 Å².